The monoisotopic (exact) mass is 462 g/mol. The van der Waals surface area contributed by atoms with Crippen LogP contribution in [0.4, 0.5) is 0 Å². The van der Waals surface area contributed by atoms with Gasteiger partial charge in [-0.25, -0.2) is 0 Å². The van der Waals surface area contributed by atoms with Crippen LogP contribution in [-0.4, -0.2) is 38.4 Å². The van der Waals surface area contributed by atoms with E-state index in [4.69, 9.17) is 9.15 Å². The summed E-state index contributed by atoms with van der Waals surface area (Å²) in [6.07, 6.45) is 0. The number of nitrogens with zero attached hydrogens (tertiary/aromatic N) is 4. The molecule has 0 radical (unpaired) electrons. The SMILES string of the molecule is Cc1ccc(CN(C)C(=O)CSc2nnc(COc3ccccc3C)n2-c2ccccc2)o1. The summed E-state index contributed by atoms with van der Waals surface area (Å²) in [5.74, 6) is 3.28. The molecule has 0 spiro atoms. The highest BCUT2D eigenvalue weighted by molar-refractivity contribution is 7.99. The smallest absolute Gasteiger partial charge is 0.233 e. The first kappa shape index (κ1) is 22.7. The highest BCUT2D eigenvalue weighted by Crippen LogP contribution is 2.24. The molecule has 4 aromatic rings. The highest BCUT2D eigenvalue weighted by Gasteiger charge is 2.18. The second-order valence-corrected chi connectivity index (χ2v) is 8.62. The number of rotatable bonds is 9. The number of para-hydroxylation sites is 2. The van der Waals surface area contributed by atoms with E-state index >= 15 is 0 Å². The van der Waals surface area contributed by atoms with Crippen molar-refractivity contribution in [3.8, 4) is 11.4 Å². The molecular weight excluding hydrogens is 436 g/mol. The number of furan rings is 1. The van der Waals surface area contributed by atoms with E-state index in [0.29, 0.717) is 17.5 Å². The van der Waals surface area contributed by atoms with Gasteiger partial charge in [-0.15, -0.1) is 10.2 Å². The van der Waals surface area contributed by atoms with E-state index in [0.717, 1.165) is 28.5 Å². The molecular formula is C25H26N4O3S. The van der Waals surface area contributed by atoms with E-state index < -0.39 is 0 Å². The van der Waals surface area contributed by atoms with Crippen molar-refractivity contribution in [3.63, 3.8) is 0 Å². The zero-order chi connectivity index (χ0) is 23.2. The van der Waals surface area contributed by atoms with Crippen molar-refractivity contribution in [1.29, 1.82) is 0 Å². The standard InChI is InChI=1S/C25H26N4O3S/c1-18-9-7-8-12-22(18)31-16-23-26-27-25(29(23)20-10-5-4-6-11-20)33-17-24(30)28(3)15-21-14-13-19(2)32-21/h4-14H,15-17H2,1-3H3. The molecule has 2 heterocycles. The fourth-order valence-corrected chi connectivity index (χ4v) is 4.22. The average molecular weight is 463 g/mol. The molecule has 1 amide bonds. The zero-order valence-corrected chi connectivity index (χ0v) is 19.7. The number of aryl methyl sites for hydroxylation is 2. The van der Waals surface area contributed by atoms with Crippen LogP contribution in [0.25, 0.3) is 5.69 Å². The topological polar surface area (TPSA) is 73.4 Å². The van der Waals surface area contributed by atoms with Crippen LogP contribution in [0.3, 0.4) is 0 Å². The van der Waals surface area contributed by atoms with E-state index in [9.17, 15) is 4.79 Å². The molecule has 0 aliphatic heterocycles. The number of benzene rings is 2. The maximum Gasteiger partial charge on any atom is 0.233 e. The van der Waals surface area contributed by atoms with Crippen LogP contribution in [0.5, 0.6) is 5.75 Å². The lowest BCUT2D eigenvalue weighted by Gasteiger charge is -2.16. The van der Waals surface area contributed by atoms with E-state index in [-0.39, 0.29) is 18.3 Å². The van der Waals surface area contributed by atoms with Crippen LogP contribution < -0.4 is 4.74 Å². The summed E-state index contributed by atoms with van der Waals surface area (Å²) in [6, 6.07) is 21.5. The molecule has 170 valence electrons. The molecule has 4 rings (SSSR count). The van der Waals surface area contributed by atoms with Crippen LogP contribution in [0, 0.1) is 13.8 Å². The maximum atomic E-state index is 12.7. The van der Waals surface area contributed by atoms with Gasteiger partial charge in [-0.05, 0) is 49.7 Å². The Bertz CT molecular complexity index is 1220. The molecule has 0 atom stereocenters. The number of carbonyl (C=O) groups is 1. The van der Waals surface area contributed by atoms with Crippen molar-refractivity contribution in [2.75, 3.05) is 12.8 Å². The van der Waals surface area contributed by atoms with E-state index in [1.807, 2.05) is 85.1 Å². The van der Waals surface area contributed by atoms with Gasteiger partial charge in [-0.1, -0.05) is 48.2 Å². The Balaban J connectivity index is 1.48. The van der Waals surface area contributed by atoms with E-state index in [2.05, 4.69) is 10.2 Å². The van der Waals surface area contributed by atoms with Crippen molar-refractivity contribution in [3.05, 3.63) is 89.6 Å². The second-order valence-electron chi connectivity index (χ2n) is 7.67. The Morgan fingerprint density at radius 3 is 2.52 bits per heavy atom. The molecule has 0 bridgehead atoms. The summed E-state index contributed by atoms with van der Waals surface area (Å²) in [7, 11) is 1.77. The largest absolute Gasteiger partial charge is 0.485 e. The zero-order valence-electron chi connectivity index (χ0n) is 18.9. The minimum atomic E-state index is -0.0191. The van der Waals surface area contributed by atoms with Crippen LogP contribution in [0.1, 0.15) is 22.9 Å². The second kappa shape index (κ2) is 10.4. The minimum absolute atomic E-state index is 0.0191. The Labute approximate surface area is 197 Å². The third-order valence-corrected chi connectivity index (χ3v) is 6.02. The van der Waals surface area contributed by atoms with Crippen molar-refractivity contribution in [2.24, 2.45) is 0 Å². The van der Waals surface area contributed by atoms with Crippen LogP contribution in [0.2, 0.25) is 0 Å². The van der Waals surface area contributed by atoms with Crippen molar-refractivity contribution >= 4 is 17.7 Å². The van der Waals surface area contributed by atoms with Gasteiger partial charge in [0, 0.05) is 12.7 Å². The van der Waals surface area contributed by atoms with Gasteiger partial charge in [-0.2, -0.15) is 0 Å². The van der Waals surface area contributed by atoms with Crippen molar-refractivity contribution in [2.45, 2.75) is 32.2 Å². The van der Waals surface area contributed by atoms with Gasteiger partial charge in [0.15, 0.2) is 11.0 Å². The highest BCUT2D eigenvalue weighted by atomic mass is 32.2. The number of carbonyl (C=O) groups excluding carboxylic acids is 1. The van der Waals surface area contributed by atoms with Crippen LogP contribution >= 0.6 is 11.8 Å². The average Bonchev–Trinajstić information content (AvgIpc) is 3.42. The molecule has 7 nitrogen and oxygen atoms in total. The van der Waals surface area contributed by atoms with Gasteiger partial charge < -0.3 is 14.1 Å². The third-order valence-electron chi connectivity index (χ3n) is 5.10. The van der Waals surface area contributed by atoms with Crippen molar-refractivity contribution < 1.29 is 13.9 Å². The first-order valence-electron chi connectivity index (χ1n) is 10.6. The number of ether oxygens (including phenoxy) is 1. The number of hydrogen-bond acceptors (Lipinski definition) is 6. The summed E-state index contributed by atoms with van der Waals surface area (Å²) in [5, 5.41) is 9.35. The fourth-order valence-electron chi connectivity index (χ4n) is 3.31. The number of thioether (sulfide) groups is 1. The molecule has 0 saturated carbocycles. The van der Waals surface area contributed by atoms with Gasteiger partial charge in [0.25, 0.3) is 0 Å². The predicted octanol–water partition coefficient (Wildman–Crippen LogP) is 4.81. The first-order valence-corrected chi connectivity index (χ1v) is 11.6. The Morgan fingerprint density at radius 1 is 1.03 bits per heavy atom. The van der Waals surface area contributed by atoms with Crippen LogP contribution in [-0.2, 0) is 17.9 Å². The normalized spacial score (nSPS) is 10.9. The van der Waals surface area contributed by atoms with Gasteiger partial charge in [0.2, 0.25) is 5.91 Å². The van der Waals surface area contributed by atoms with Gasteiger partial charge in [0.1, 0.15) is 23.9 Å². The molecule has 0 aliphatic carbocycles. The summed E-state index contributed by atoms with van der Waals surface area (Å²) in [4.78, 5) is 14.4. The molecule has 0 fully saturated rings. The summed E-state index contributed by atoms with van der Waals surface area (Å²) < 4.78 is 13.5. The first-order chi connectivity index (χ1) is 16.0. The number of hydrogen-bond donors (Lipinski definition) is 0. The van der Waals surface area contributed by atoms with Gasteiger partial charge in [0.05, 0.1) is 12.3 Å². The molecule has 2 aromatic heterocycles. The summed E-state index contributed by atoms with van der Waals surface area (Å²) in [6.45, 7) is 4.58. The molecule has 33 heavy (non-hydrogen) atoms. The minimum Gasteiger partial charge on any atom is -0.485 e. The number of amides is 1. The van der Waals surface area contributed by atoms with Gasteiger partial charge in [-0.3, -0.25) is 9.36 Å². The van der Waals surface area contributed by atoms with E-state index in [1.165, 1.54) is 11.8 Å². The molecule has 2 aromatic carbocycles. The number of aromatic nitrogens is 3. The maximum absolute atomic E-state index is 12.7. The fraction of sp³-hybridized carbons (Fsp3) is 0.240. The lowest BCUT2D eigenvalue weighted by molar-refractivity contribution is -0.127. The quantitative estimate of drug-likeness (QED) is 0.333. The summed E-state index contributed by atoms with van der Waals surface area (Å²) in [5.41, 5.74) is 1.97. The van der Waals surface area contributed by atoms with Crippen molar-refractivity contribution in [1.82, 2.24) is 19.7 Å². The lowest BCUT2D eigenvalue weighted by atomic mass is 10.2. The predicted molar refractivity (Wildman–Crippen MR) is 128 cm³/mol. The molecule has 0 aliphatic rings. The molecule has 0 N–H and O–H groups in total. The lowest BCUT2D eigenvalue weighted by Crippen LogP contribution is -2.27. The van der Waals surface area contributed by atoms with E-state index in [1.54, 1.807) is 11.9 Å². The van der Waals surface area contributed by atoms with Crippen LogP contribution in [0.15, 0.2) is 76.3 Å². The molecule has 0 unspecified atom stereocenters. The molecule has 8 heteroatoms. The summed E-state index contributed by atoms with van der Waals surface area (Å²) >= 11 is 1.35. The van der Waals surface area contributed by atoms with Gasteiger partial charge >= 0.3 is 0 Å². The Kier molecular flexibility index (Phi) is 7.14. The Hall–Kier alpha value is -3.52. The third kappa shape index (κ3) is 5.64. The molecule has 0 saturated heterocycles. The Morgan fingerprint density at radius 2 is 1.79 bits per heavy atom.